The minimum Gasteiger partial charge on any atom is -0.424 e. The third kappa shape index (κ3) is 3.83. The Morgan fingerprint density at radius 3 is 2.10 bits per heavy atom. The topological polar surface area (TPSA) is 65.1 Å². The molecule has 0 amide bonds. The van der Waals surface area contributed by atoms with Crippen LogP contribution in [0.3, 0.4) is 0 Å². The van der Waals surface area contributed by atoms with E-state index in [0.29, 0.717) is 18.8 Å². The van der Waals surface area contributed by atoms with Gasteiger partial charge in [0.2, 0.25) is 10.0 Å². The molecule has 1 heterocycles. The highest BCUT2D eigenvalue weighted by Crippen LogP contribution is 2.48. The molecule has 9 heteroatoms. The van der Waals surface area contributed by atoms with Crippen molar-refractivity contribution in [2.45, 2.75) is 17.7 Å². The van der Waals surface area contributed by atoms with Crippen LogP contribution in [0.25, 0.3) is 0 Å². The predicted octanol–water partition coefficient (Wildman–Crippen LogP) is 2.37. The van der Waals surface area contributed by atoms with Gasteiger partial charge in [-0.25, -0.2) is 8.42 Å². The predicted molar refractivity (Wildman–Crippen MR) is 83.4 cm³/mol. The highest BCUT2D eigenvalue weighted by molar-refractivity contribution is 8.07. The molecule has 0 unspecified atom stereocenters. The Labute approximate surface area is 130 Å². The maximum Gasteiger partial charge on any atom is 0.380 e. The minimum atomic E-state index is -3.41. The Kier molecular flexibility index (Phi) is 5.40. The van der Waals surface area contributed by atoms with Gasteiger partial charge in [-0.15, -0.1) is 0 Å². The van der Waals surface area contributed by atoms with Crippen LogP contribution in [0.5, 0.6) is 5.75 Å². The van der Waals surface area contributed by atoms with E-state index < -0.39 is 16.7 Å². The fourth-order valence-electron chi connectivity index (χ4n) is 2.03. The summed E-state index contributed by atoms with van der Waals surface area (Å²) in [6.45, 7) is -1.65. The van der Waals surface area contributed by atoms with Gasteiger partial charge in [0.1, 0.15) is 5.75 Å². The highest BCUT2D eigenvalue weighted by Gasteiger charge is 2.27. The fraction of sp³-hybridized carbons (Fsp3) is 0.500. The van der Waals surface area contributed by atoms with Crippen LogP contribution in [-0.4, -0.2) is 40.0 Å². The summed E-state index contributed by atoms with van der Waals surface area (Å²) in [5.41, 5.74) is 0. The third-order valence-corrected chi connectivity index (χ3v) is 7.55. The van der Waals surface area contributed by atoms with Gasteiger partial charge in [0.15, 0.2) is 0 Å². The lowest BCUT2D eigenvalue weighted by atomic mass is 10.3. The zero-order valence-electron chi connectivity index (χ0n) is 11.9. The zero-order valence-corrected chi connectivity index (χ0v) is 14.4. The maximum absolute atomic E-state index is 12.4. The molecule has 0 aromatic heterocycles. The summed E-state index contributed by atoms with van der Waals surface area (Å²) in [4.78, 5) is 0.250. The number of nitrogens with zero attached hydrogens (tertiary/aromatic N) is 1. The molecule has 0 radical (unpaired) electrons. The van der Waals surface area contributed by atoms with Crippen molar-refractivity contribution in [3.8, 4) is 5.75 Å². The van der Waals surface area contributed by atoms with E-state index in [1.807, 2.05) is 0 Å². The molecule has 0 spiro atoms. The standard InChI is InChI=1S/C12H18NO5PS2/c1-16-19(20,17-2)18-11-5-7-12(8-6-11)21(14,15)13-9-3-4-10-13/h5-8H,3-4,9-10H2,1-2H3. The lowest BCUT2D eigenvalue weighted by molar-refractivity contribution is 0.273. The average Bonchev–Trinajstić information content (AvgIpc) is 3.03. The number of sulfonamides is 1. The Balaban J connectivity index is 2.17. The summed E-state index contributed by atoms with van der Waals surface area (Å²) in [5.74, 6) is 0.419. The molecule has 21 heavy (non-hydrogen) atoms. The van der Waals surface area contributed by atoms with E-state index in [9.17, 15) is 8.42 Å². The molecular formula is C12H18NO5PS2. The van der Waals surface area contributed by atoms with Crippen molar-refractivity contribution in [2.24, 2.45) is 0 Å². The van der Waals surface area contributed by atoms with Gasteiger partial charge in [-0.1, -0.05) is 0 Å². The van der Waals surface area contributed by atoms with Crippen LogP contribution in [0.4, 0.5) is 0 Å². The number of benzene rings is 1. The third-order valence-electron chi connectivity index (χ3n) is 3.19. The van der Waals surface area contributed by atoms with Crippen LogP contribution in [0.1, 0.15) is 12.8 Å². The lowest BCUT2D eigenvalue weighted by Gasteiger charge is -2.19. The summed E-state index contributed by atoms with van der Waals surface area (Å²) >= 11 is 5.10. The smallest absolute Gasteiger partial charge is 0.380 e. The van der Waals surface area contributed by atoms with Gasteiger partial charge in [-0.3, -0.25) is 0 Å². The molecule has 1 aliphatic heterocycles. The number of hydrogen-bond acceptors (Lipinski definition) is 6. The van der Waals surface area contributed by atoms with Gasteiger partial charge in [-0.05, 0) is 37.1 Å². The van der Waals surface area contributed by atoms with E-state index >= 15 is 0 Å². The van der Waals surface area contributed by atoms with Crippen LogP contribution in [0.15, 0.2) is 29.2 Å². The first kappa shape index (κ1) is 16.9. The maximum atomic E-state index is 12.4. The van der Waals surface area contributed by atoms with Crippen molar-refractivity contribution in [1.29, 1.82) is 0 Å². The van der Waals surface area contributed by atoms with Crippen molar-refractivity contribution in [3.05, 3.63) is 24.3 Å². The summed E-state index contributed by atoms with van der Waals surface area (Å²) in [5, 5.41) is 0. The molecule has 0 aliphatic carbocycles. The molecule has 1 aromatic carbocycles. The van der Waals surface area contributed by atoms with Crippen LogP contribution >= 0.6 is 6.72 Å². The second-order valence-corrected chi connectivity index (χ2v) is 9.57. The average molecular weight is 351 g/mol. The van der Waals surface area contributed by atoms with Crippen LogP contribution in [0.2, 0.25) is 0 Å². The van der Waals surface area contributed by atoms with Gasteiger partial charge >= 0.3 is 6.72 Å². The minimum absolute atomic E-state index is 0.250. The first-order valence-corrected chi connectivity index (χ1v) is 10.4. The molecule has 1 aromatic rings. The second-order valence-electron chi connectivity index (χ2n) is 4.49. The summed E-state index contributed by atoms with van der Waals surface area (Å²) in [7, 11) is -0.586. The SMILES string of the molecule is COP(=S)(OC)Oc1ccc(S(=O)(=O)N2CCCC2)cc1. The number of rotatable bonds is 6. The molecule has 2 rings (SSSR count). The second kappa shape index (κ2) is 6.73. The van der Waals surface area contributed by atoms with Crippen molar-refractivity contribution >= 4 is 28.5 Å². The Bertz CT molecular complexity index is 618. The van der Waals surface area contributed by atoms with E-state index in [1.165, 1.54) is 30.7 Å². The first-order valence-electron chi connectivity index (χ1n) is 6.42. The Hall–Kier alpha value is -0.500. The Morgan fingerprint density at radius 1 is 1.10 bits per heavy atom. The zero-order chi connectivity index (χ0) is 15.5. The number of hydrogen-bond donors (Lipinski definition) is 0. The normalized spacial score (nSPS) is 17.0. The van der Waals surface area contributed by atoms with Crippen LogP contribution < -0.4 is 4.52 Å². The van der Waals surface area contributed by atoms with E-state index in [-0.39, 0.29) is 4.90 Å². The molecule has 1 fully saturated rings. The summed E-state index contributed by atoms with van der Waals surface area (Å²) in [6.07, 6.45) is 1.82. The van der Waals surface area contributed by atoms with Gasteiger partial charge in [-0.2, -0.15) is 4.31 Å². The highest BCUT2D eigenvalue weighted by atomic mass is 32.5. The molecule has 0 atom stereocenters. The van der Waals surface area contributed by atoms with Crippen LogP contribution in [-0.2, 0) is 30.9 Å². The van der Waals surface area contributed by atoms with Gasteiger partial charge in [0.25, 0.3) is 0 Å². The summed E-state index contributed by atoms with van der Waals surface area (Å²) in [6, 6.07) is 6.13. The lowest BCUT2D eigenvalue weighted by Crippen LogP contribution is -2.27. The van der Waals surface area contributed by atoms with Gasteiger partial charge in [0, 0.05) is 39.1 Å². The first-order chi connectivity index (χ1) is 9.91. The molecular weight excluding hydrogens is 333 g/mol. The largest absolute Gasteiger partial charge is 0.424 e. The molecule has 0 bridgehead atoms. The molecule has 0 saturated carbocycles. The van der Waals surface area contributed by atoms with Gasteiger partial charge in [0.05, 0.1) is 4.90 Å². The molecule has 0 N–H and O–H groups in total. The quantitative estimate of drug-likeness (QED) is 0.733. The van der Waals surface area contributed by atoms with Crippen molar-refractivity contribution in [3.63, 3.8) is 0 Å². The van der Waals surface area contributed by atoms with Crippen molar-refractivity contribution < 1.29 is 22.0 Å². The summed E-state index contributed by atoms with van der Waals surface area (Å²) < 4.78 is 41.7. The molecule has 6 nitrogen and oxygen atoms in total. The van der Waals surface area contributed by atoms with Crippen LogP contribution in [0, 0.1) is 0 Å². The van der Waals surface area contributed by atoms with E-state index in [0.717, 1.165) is 12.8 Å². The van der Waals surface area contributed by atoms with E-state index in [2.05, 4.69) is 0 Å². The van der Waals surface area contributed by atoms with E-state index in [4.69, 9.17) is 25.4 Å². The van der Waals surface area contributed by atoms with Crippen molar-refractivity contribution in [1.82, 2.24) is 4.31 Å². The van der Waals surface area contributed by atoms with Gasteiger partial charge < -0.3 is 13.6 Å². The van der Waals surface area contributed by atoms with Crippen molar-refractivity contribution in [2.75, 3.05) is 27.3 Å². The monoisotopic (exact) mass is 351 g/mol. The fourth-order valence-corrected chi connectivity index (χ4v) is 4.48. The molecule has 1 saturated heterocycles. The molecule has 1 aliphatic rings. The molecule has 118 valence electrons. The Morgan fingerprint density at radius 2 is 1.62 bits per heavy atom. The van der Waals surface area contributed by atoms with E-state index in [1.54, 1.807) is 12.1 Å².